The van der Waals surface area contributed by atoms with Crippen molar-refractivity contribution in [1.82, 2.24) is 29.9 Å². The number of nitrogens with two attached hydrogens (primary N) is 1. The highest BCUT2D eigenvalue weighted by Crippen LogP contribution is 2.35. The molecular formula is C21H20N8O. The molecule has 9 heteroatoms. The lowest BCUT2D eigenvalue weighted by Gasteiger charge is -2.38. The SMILES string of the molecule is NC1(c2nc3c(-c4ccoc4)cccc3[nH]2)CCN(c2ncnc3[nH]cnc23)CC1. The first-order valence-corrected chi connectivity index (χ1v) is 9.91. The zero-order chi connectivity index (χ0) is 20.1. The van der Waals surface area contributed by atoms with E-state index in [0.717, 1.165) is 70.9 Å². The maximum absolute atomic E-state index is 6.85. The van der Waals surface area contributed by atoms with Gasteiger partial charge in [-0.3, -0.25) is 0 Å². The van der Waals surface area contributed by atoms with Crippen molar-refractivity contribution in [1.29, 1.82) is 0 Å². The van der Waals surface area contributed by atoms with Gasteiger partial charge in [0.15, 0.2) is 11.5 Å². The molecular weight excluding hydrogens is 380 g/mol. The van der Waals surface area contributed by atoms with Crippen LogP contribution in [0.25, 0.3) is 33.3 Å². The summed E-state index contributed by atoms with van der Waals surface area (Å²) in [5, 5.41) is 0. The fourth-order valence-electron chi connectivity index (χ4n) is 4.26. The molecule has 0 spiro atoms. The Kier molecular flexibility index (Phi) is 3.66. The van der Waals surface area contributed by atoms with Crippen LogP contribution in [0.1, 0.15) is 18.7 Å². The van der Waals surface area contributed by atoms with E-state index in [2.05, 4.69) is 29.8 Å². The third-order valence-corrected chi connectivity index (χ3v) is 5.97. The summed E-state index contributed by atoms with van der Waals surface area (Å²) < 4.78 is 5.25. The first-order chi connectivity index (χ1) is 14.7. The molecule has 30 heavy (non-hydrogen) atoms. The van der Waals surface area contributed by atoms with Gasteiger partial charge in [-0.25, -0.2) is 19.9 Å². The lowest BCUT2D eigenvalue weighted by Crippen LogP contribution is -2.49. The smallest absolute Gasteiger partial charge is 0.162 e. The molecule has 1 saturated heterocycles. The Morgan fingerprint density at radius 1 is 1.07 bits per heavy atom. The van der Waals surface area contributed by atoms with Gasteiger partial charge >= 0.3 is 0 Å². The maximum Gasteiger partial charge on any atom is 0.162 e. The molecule has 1 aliphatic rings. The molecule has 0 bridgehead atoms. The standard InChI is InChI=1S/C21H20N8O/c22-21(5-7-29(8-6-21)19-17-18(24-11-23-17)25-12-26-19)20-27-15-3-1-2-14(16(15)28-20)13-4-9-30-10-13/h1-4,9-12H,5-8,22H2,(H,27,28)(H,23,24,25,26). The molecule has 0 unspecified atom stereocenters. The Hall–Kier alpha value is -3.72. The molecule has 150 valence electrons. The largest absolute Gasteiger partial charge is 0.472 e. The highest BCUT2D eigenvalue weighted by molar-refractivity contribution is 5.91. The average Bonchev–Trinajstić information content (AvgIpc) is 3.54. The molecule has 4 aromatic heterocycles. The van der Waals surface area contributed by atoms with E-state index in [1.54, 1.807) is 25.2 Å². The number of nitrogens with one attached hydrogen (secondary N) is 2. The van der Waals surface area contributed by atoms with Crippen molar-refractivity contribution in [2.45, 2.75) is 18.4 Å². The van der Waals surface area contributed by atoms with Gasteiger partial charge in [0.25, 0.3) is 0 Å². The predicted octanol–water partition coefficient (Wildman–Crippen LogP) is 2.94. The van der Waals surface area contributed by atoms with Crippen LogP contribution in [-0.4, -0.2) is 43.0 Å². The number of anilines is 1. The Morgan fingerprint density at radius 3 is 2.80 bits per heavy atom. The van der Waals surface area contributed by atoms with Crippen LogP contribution < -0.4 is 10.6 Å². The number of imidazole rings is 2. The molecule has 0 amide bonds. The second-order valence-corrected chi connectivity index (χ2v) is 7.74. The van der Waals surface area contributed by atoms with E-state index in [4.69, 9.17) is 15.1 Å². The number of aromatic nitrogens is 6. The second kappa shape index (κ2) is 6.39. The average molecular weight is 400 g/mol. The molecule has 5 aromatic rings. The molecule has 0 aliphatic carbocycles. The van der Waals surface area contributed by atoms with E-state index in [1.807, 2.05) is 24.3 Å². The minimum Gasteiger partial charge on any atom is -0.472 e. The van der Waals surface area contributed by atoms with E-state index in [0.29, 0.717) is 0 Å². The normalized spacial score (nSPS) is 16.5. The first kappa shape index (κ1) is 17.2. The van der Waals surface area contributed by atoms with Gasteiger partial charge in [-0.15, -0.1) is 0 Å². The number of fused-ring (bicyclic) bond motifs is 2. The molecule has 4 N–H and O–H groups in total. The monoisotopic (exact) mass is 400 g/mol. The van der Waals surface area contributed by atoms with Gasteiger partial charge in [-0.1, -0.05) is 12.1 Å². The summed E-state index contributed by atoms with van der Waals surface area (Å²) in [5.74, 6) is 1.66. The summed E-state index contributed by atoms with van der Waals surface area (Å²) in [6.45, 7) is 1.53. The molecule has 1 fully saturated rings. The maximum atomic E-state index is 6.85. The molecule has 6 rings (SSSR count). The third kappa shape index (κ3) is 2.59. The molecule has 5 heterocycles. The highest BCUT2D eigenvalue weighted by atomic mass is 16.3. The number of aromatic amines is 2. The summed E-state index contributed by atoms with van der Waals surface area (Å²) in [5.41, 5.74) is 11.8. The van der Waals surface area contributed by atoms with Crippen LogP contribution in [0.4, 0.5) is 5.82 Å². The molecule has 9 nitrogen and oxygen atoms in total. The van der Waals surface area contributed by atoms with E-state index in [1.165, 1.54) is 0 Å². The van der Waals surface area contributed by atoms with Crippen molar-refractivity contribution in [3.8, 4) is 11.1 Å². The topological polar surface area (TPSA) is 126 Å². The van der Waals surface area contributed by atoms with Crippen molar-refractivity contribution >= 4 is 28.0 Å². The van der Waals surface area contributed by atoms with Crippen molar-refractivity contribution in [2.75, 3.05) is 18.0 Å². The van der Waals surface area contributed by atoms with Gasteiger partial charge in [0.05, 0.1) is 35.4 Å². The van der Waals surface area contributed by atoms with E-state index < -0.39 is 5.54 Å². The third-order valence-electron chi connectivity index (χ3n) is 5.97. The van der Waals surface area contributed by atoms with Crippen molar-refractivity contribution in [3.05, 3.63) is 55.3 Å². The van der Waals surface area contributed by atoms with Crippen LogP contribution in [0.15, 0.2) is 53.9 Å². The number of piperidine rings is 1. The number of furan rings is 1. The fourth-order valence-corrected chi connectivity index (χ4v) is 4.26. The summed E-state index contributed by atoms with van der Waals surface area (Å²) in [6.07, 6.45) is 8.12. The fraction of sp³-hybridized carbons (Fsp3) is 0.238. The molecule has 1 aliphatic heterocycles. The van der Waals surface area contributed by atoms with Gasteiger partial charge in [0, 0.05) is 24.2 Å². The summed E-state index contributed by atoms with van der Waals surface area (Å²) >= 11 is 0. The quantitative estimate of drug-likeness (QED) is 0.425. The molecule has 1 aromatic carbocycles. The van der Waals surface area contributed by atoms with Crippen LogP contribution in [-0.2, 0) is 5.54 Å². The molecule has 0 saturated carbocycles. The van der Waals surface area contributed by atoms with Crippen LogP contribution in [0.5, 0.6) is 0 Å². The van der Waals surface area contributed by atoms with Gasteiger partial charge in [-0.05, 0) is 25.0 Å². The number of rotatable bonds is 3. The number of nitrogens with zero attached hydrogens (tertiary/aromatic N) is 5. The Morgan fingerprint density at radius 2 is 1.97 bits per heavy atom. The van der Waals surface area contributed by atoms with Gasteiger partial charge in [-0.2, -0.15) is 0 Å². The zero-order valence-electron chi connectivity index (χ0n) is 16.2. The van der Waals surface area contributed by atoms with Crippen LogP contribution in [0, 0.1) is 0 Å². The molecule has 0 radical (unpaired) electrons. The van der Waals surface area contributed by atoms with E-state index >= 15 is 0 Å². The summed E-state index contributed by atoms with van der Waals surface area (Å²) in [7, 11) is 0. The minimum atomic E-state index is -0.527. The lowest BCUT2D eigenvalue weighted by atomic mass is 9.88. The van der Waals surface area contributed by atoms with Gasteiger partial charge in [0.2, 0.25) is 0 Å². The number of hydrogen-bond acceptors (Lipinski definition) is 7. The summed E-state index contributed by atoms with van der Waals surface area (Å²) in [6, 6.07) is 8.04. The second-order valence-electron chi connectivity index (χ2n) is 7.74. The Labute approximate surface area is 171 Å². The van der Waals surface area contributed by atoms with Crippen LogP contribution in [0.3, 0.4) is 0 Å². The highest BCUT2D eigenvalue weighted by Gasteiger charge is 2.36. The lowest BCUT2D eigenvalue weighted by molar-refractivity contribution is 0.327. The zero-order valence-corrected chi connectivity index (χ0v) is 16.2. The number of hydrogen-bond donors (Lipinski definition) is 3. The van der Waals surface area contributed by atoms with Crippen LogP contribution in [0.2, 0.25) is 0 Å². The number of para-hydroxylation sites is 1. The van der Waals surface area contributed by atoms with E-state index in [9.17, 15) is 0 Å². The Balaban J connectivity index is 1.31. The van der Waals surface area contributed by atoms with Crippen molar-refractivity contribution in [3.63, 3.8) is 0 Å². The van der Waals surface area contributed by atoms with Crippen molar-refractivity contribution < 1.29 is 4.42 Å². The van der Waals surface area contributed by atoms with Crippen LogP contribution >= 0.6 is 0 Å². The predicted molar refractivity (Wildman–Crippen MR) is 113 cm³/mol. The van der Waals surface area contributed by atoms with E-state index in [-0.39, 0.29) is 0 Å². The van der Waals surface area contributed by atoms with Gasteiger partial charge in [0.1, 0.15) is 17.7 Å². The minimum absolute atomic E-state index is 0.527. The number of H-pyrrole nitrogens is 2. The molecule has 0 atom stereocenters. The van der Waals surface area contributed by atoms with Gasteiger partial charge < -0.3 is 25.0 Å². The Bertz CT molecular complexity index is 1330. The first-order valence-electron chi connectivity index (χ1n) is 9.91. The number of benzene rings is 1. The summed E-state index contributed by atoms with van der Waals surface area (Å²) in [4.78, 5) is 26.7. The van der Waals surface area contributed by atoms with Crippen molar-refractivity contribution in [2.24, 2.45) is 5.73 Å².